The van der Waals surface area contributed by atoms with E-state index < -0.39 is 0 Å². The quantitative estimate of drug-likeness (QED) is 0.589. The third kappa shape index (κ3) is 5.89. The molecular weight excluding hydrogens is 140 g/mol. The molecule has 0 aliphatic rings. The third-order valence-electron chi connectivity index (χ3n) is 1.32. The maximum atomic E-state index is 10.1. The largest absolute Gasteiger partial charge is 0.462 e. The van der Waals surface area contributed by atoms with Crippen LogP contribution in [0.15, 0.2) is 0 Å². The van der Waals surface area contributed by atoms with Crippen molar-refractivity contribution in [2.24, 2.45) is 5.41 Å². The van der Waals surface area contributed by atoms with Gasteiger partial charge in [-0.2, -0.15) is 0 Å². The van der Waals surface area contributed by atoms with E-state index in [0.717, 1.165) is 6.42 Å². The molecule has 0 unspecified atom stereocenters. The highest BCUT2D eigenvalue weighted by Gasteiger charge is 2.26. The Hall–Kier alpha value is -0.530. The summed E-state index contributed by atoms with van der Waals surface area (Å²) in [5.74, 6) is 0. The Morgan fingerprint density at radius 1 is 1.18 bits per heavy atom. The molecule has 0 bridgehead atoms. The summed E-state index contributed by atoms with van der Waals surface area (Å²) >= 11 is 0. The fraction of sp³-hybridized carbons (Fsp3) is 0.889. The molecule has 2 nitrogen and oxygen atoms in total. The van der Waals surface area contributed by atoms with E-state index >= 15 is 0 Å². The topological polar surface area (TPSA) is 26.3 Å². The molecule has 0 aromatic heterocycles. The second-order valence-corrected chi connectivity index (χ2v) is 4.71. The lowest BCUT2D eigenvalue weighted by Gasteiger charge is -2.30. The molecule has 0 spiro atoms. The van der Waals surface area contributed by atoms with E-state index in [-0.39, 0.29) is 11.0 Å². The summed E-state index contributed by atoms with van der Waals surface area (Å²) in [5, 5.41) is 0. The maximum absolute atomic E-state index is 10.1. The molecule has 0 heterocycles. The summed E-state index contributed by atoms with van der Waals surface area (Å²) in [6.07, 6.45) is 0.874. The summed E-state index contributed by atoms with van der Waals surface area (Å²) < 4.78 is 4.92. The van der Waals surface area contributed by atoms with Gasteiger partial charge in [0.15, 0.2) is 0 Å². The smallest absolute Gasteiger partial charge is 0.293 e. The number of hydrogen-bond donors (Lipinski definition) is 0. The van der Waals surface area contributed by atoms with Gasteiger partial charge in [-0.15, -0.1) is 0 Å². The number of carbonyl (C=O) groups excluding carboxylic acids is 1. The third-order valence-corrected chi connectivity index (χ3v) is 1.32. The lowest BCUT2D eigenvalue weighted by atomic mass is 9.84. The monoisotopic (exact) mass is 158 g/mol. The van der Waals surface area contributed by atoms with Crippen molar-refractivity contribution in [3.8, 4) is 0 Å². The normalized spacial score (nSPS) is 12.8. The minimum absolute atomic E-state index is 0.201. The molecule has 0 rings (SSSR count). The predicted octanol–water partition coefficient (Wildman–Crippen LogP) is 2.37. The first-order chi connectivity index (χ1) is 4.77. The van der Waals surface area contributed by atoms with Gasteiger partial charge >= 0.3 is 0 Å². The van der Waals surface area contributed by atoms with Crippen LogP contribution in [-0.2, 0) is 9.53 Å². The van der Waals surface area contributed by atoms with Crippen LogP contribution in [0.5, 0.6) is 0 Å². The summed E-state index contributed by atoms with van der Waals surface area (Å²) in [4.78, 5) is 10.1. The maximum Gasteiger partial charge on any atom is 0.293 e. The van der Waals surface area contributed by atoms with Crippen molar-refractivity contribution in [1.29, 1.82) is 0 Å². The fourth-order valence-electron chi connectivity index (χ4n) is 1.45. The lowest BCUT2D eigenvalue weighted by Crippen LogP contribution is -2.29. The molecule has 66 valence electrons. The first kappa shape index (κ1) is 10.5. The molecule has 0 atom stereocenters. The molecule has 0 saturated heterocycles. The van der Waals surface area contributed by atoms with E-state index in [4.69, 9.17) is 4.74 Å². The minimum Gasteiger partial charge on any atom is -0.462 e. The lowest BCUT2D eigenvalue weighted by molar-refractivity contribution is -0.142. The van der Waals surface area contributed by atoms with E-state index in [1.54, 1.807) is 0 Å². The minimum atomic E-state index is -0.333. The SMILES string of the molecule is CC(C)(C)CC(C)(C)OC=O. The molecule has 0 N–H and O–H groups in total. The van der Waals surface area contributed by atoms with Gasteiger partial charge in [-0.3, -0.25) is 4.79 Å². The molecular formula is C9H18O2. The van der Waals surface area contributed by atoms with Crippen molar-refractivity contribution in [2.45, 2.75) is 46.6 Å². The number of ether oxygens (including phenoxy) is 1. The molecule has 2 heteroatoms. The predicted molar refractivity (Wildman–Crippen MR) is 45.3 cm³/mol. The second kappa shape index (κ2) is 3.24. The van der Waals surface area contributed by atoms with Gasteiger partial charge in [0.1, 0.15) is 5.60 Å². The van der Waals surface area contributed by atoms with Crippen LogP contribution in [0.3, 0.4) is 0 Å². The Morgan fingerprint density at radius 3 is 1.91 bits per heavy atom. The Morgan fingerprint density at radius 2 is 1.64 bits per heavy atom. The van der Waals surface area contributed by atoms with Crippen molar-refractivity contribution < 1.29 is 9.53 Å². The van der Waals surface area contributed by atoms with E-state index in [0.29, 0.717) is 6.47 Å². The summed E-state index contributed by atoms with van der Waals surface area (Å²) in [6.45, 7) is 10.7. The molecule has 0 fully saturated rings. The van der Waals surface area contributed by atoms with Crippen LogP contribution in [0, 0.1) is 5.41 Å². The molecule has 0 amide bonds. The highest BCUT2D eigenvalue weighted by Crippen LogP contribution is 2.28. The van der Waals surface area contributed by atoms with Gasteiger partial charge in [0.2, 0.25) is 0 Å². The molecule has 0 aromatic carbocycles. The van der Waals surface area contributed by atoms with Gasteiger partial charge in [0.05, 0.1) is 0 Å². The average molecular weight is 158 g/mol. The van der Waals surface area contributed by atoms with Gasteiger partial charge in [0, 0.05) is 0 Å². The van der Waals surface area contributed by atoms with Gasteiger partial charge in [-0.05, 0) is 25.7 Å². The molecule has 0 aromatic rings. The standard InChI is InChI=1S/C9H18O2/c1-8(2,3)6-9(4,5)11-7-10/h7H,6H2,1-5H3. The van der Waals surface area contributed by atoms with Crippen LogP contribution in [0.25, 0.3) is 0 Å². The molecule has 0 saturated carbocycles. The number of rotatable bonds is 3. The van der Waals surface area contributed by atoms with E-state index in [2.05, 4.69) is 20.8 Å². The van der Waals surface area contributed by atoms with Gasteiger partial charge < -0.3 is 4.74 Å². The number of hydrogen-bond acceptors (Lipinski definition) is 2. The fourth-order valence-corrected chi connectivity index (χ4v) is 1.45. The Labute approximate surface area is 68.9 Å². The van der Waals surface area contributed by atoms with Crippen molar-refractivity contribution >= 4 is 6.47 Å². The second-order valence-electron chi connectivity index (χ2n) is 4.71. The average Bonchev–Trinajstić information content (AvgIpc) is 1.55. The zero-order valence-corrected chi connectivity index (χ0v) is 8.10. The molecule has 0 aliphatic heterocycles. The van der Waals surface area contributed by atoms with Gasteiger partial charge in [-0.25, -0.2) is 0 Å². The summed E-state index contributed by atoms with van der Waals surface area (Å²) in [7, 11) is 0. The van der Waals surface area contributed by atoms with Crippen LogP contribution >= 0.6 is 0 Å². The summed E-state index contributed by atoms with van der Waals surface area (Å²) in [6, 6.07) is 0. The molecule has 0 radical (unpaired) electrons. The van der Waals surface area contributed by atoms with Crippen molar-refractivity contribution in [3.05, 3.63) is 0 Å². The highest BCUT2D eigenvalue weighted by molar-refractivity contribution is 5.38. The van der Waals surface area contributed by atoms with Crippen LogP contribution in [0.1, 0.15) is 41.0 Å². The van der Waals surface area contributed by atoms with Gasteiger partial charge in [0.25, 0.3) is 6.47 Å². The zero-order chi connectivity index (χ0) is 9.12. The van der Waals surface area contributed by atoms with Crippen LogP contribution in [0.4, 0.5) is 0 Å². The Kier molecular flexibility index (Phi) is 3.09. The first-order valence-electron chi connectivity index (χ1n) is 3.88. The van der Waals surface area contributed by atoms with Crippen LogP contribution < -0.4 is 0 Å². The summed E-state index contributed by atoms with van der Waals surface area (Å²) in [5.41, 5.74) is -0.132. The number of carbonyl (C=O) groups is 1. The van der Waals surface area contributed by atoms with Crippen molar-refractivity contribution in [1.82, 2.24) is 0 Å². The Bertz CT molecular complexity index is 131. The first-order valence-corrected chi connectivity index (χ1v) is 3.88. The highest BCUT2D eigenvalue weighted by atomic mass is 16.5. The molecule has 11 heavy (non-hydrogen) atoms. The van der Waals surface area contributed by atoms with E-state index in [1.165, 1.54) is 0 Å². The van der Waals surface area contributed by atoms with Crippen molar-refractivity contribution in [2.75, 3.05) is 0 Å². The van der Waals surface area contributed by atoms with E-state index in [9.17, 15) is 4.79 Å². The van der Waals surface area contributed by atoms with Crippen molar-refractivity contribution in [3.63, 3.8) is 0 Å². The Balaban J connectivity index is 4.00. The molecule has 0 aliphatic carbocycles. The van der Waals surface area contributed by atoms with E-state index in [1.807, 2.05) is 13.8 Å². The van der Waals surface area contributed by atoms with Crippen LogP contribution in [0.2, 0.25) is 0 Å². The van der Waals surface area contributed by atoms with Crippen LogP contribution in [-0.4, -0.2) is 12.1 Å². The zero-order valence-electron chi connectivity index (χ0n) is 8.10. The van der Waals surface area contributed by atoms with Gasteiger partial charge in [-0.1, -0.05) is 20.8 Å².